The Morgan fingerprint density at radius 2 is 1.96 bits per heavy atom. The number of oxazole rings is 1. The minimum absolute atomic E-state index is 0.0997. The zero-order valence-corrected chi connectivity index (χ0v) is 13.1. The molecule has 0 N–H and O–H groups in total. The molecule has 2 aromatic heterocycles. The third-order valence-electron chi connectivity index (χ3n) is 3.47. The van der Waals surface area contributed by atoms with Crippen molar-refractivity contribution in [3.05, 3.63) is 66.3 Å². The van der Waals surface area contributed by atoms with Crippen molar-refractivity contribution in [3.8, 4) is 17.2 Å². The smallest absolute Gasteiger partial charge is 0.226 e. The van der Waals surface area contributed by atoms with E-state index < -0.39 is 0 Å². The second kappa shape index (κ2) is 7.07. The van der Waals surface area contributed by atoms with Gasteiger partial charge in [-0.25, -0.2) is 4.98 Å². The van der Waals surface area contributed by atoms with Gasteiger partial charge in [-0.2, -0.15) is 0 Å². The third kappa shape index (κ3) is 3.76. The molecule has 3 rings (SSSR count). The SMILES string of the molecule is COc1ccc(-c2nc(CO[C@@H](C)c3ccccn3)co2)cc1. The maximum Gasteiger partial charge on any atom is 0.226 e. The predicted molar refractivity (Wildman–Crippen MR) is 85.9 cm³/mol. The lowest BCUT2D eigenvalue weighted by Gasteiger charge is -2.10. The fraction of sp³-hybridized carbons (Fsp3) is 0.222. The molecule has 2 heterocycles. The van der Waals surface area contributed by atoms with E-state index in [-0.39, 0.29) is 6.10 Å². The molecule has 0 saturated carbocycles. The first kappa shape index (κ1) is 15.2. The highest BCUT2D eigenvalue weighted by Gasteiger charge is 2.10. The van der Waals surface area contributed by atoms with Crippen molar-refractivity contribution in [3.63, 3.8) is 0 Å². The van der Waals surface area contributed by atoms with Crippen LogP contribution in [-0.2, 0) is 11.3 Å². The molecule has 0 saturated heterocycles. The van der Waals surface area contributed by atoms with E-state index in [1.54, 1.807) is 19.6 Å². The Kier molecular flexibility index (Phi) is 4.68. The molecule has 0 aliphatic heterocycles. The fourth-order valence-corrected chi connectivity index (χ4v) is 2.15. The van der Waals surface area contributed by atoms with Crippen LogP contribution in [0.4, 0.5) is 0 Å². The first-order chi connectivity index (χ1) is 11.3. The maximum atomic E-state index is 5.79. The van der Waals surface area contributed by atoms with Crippen LogP contribution in [0.1, 0.15) is 24.4 Å². The molecule has 1 aromatic carbocycles. The molecule has 0 bridgehead atoms. The van der Waals surface area contributed by atoms with Gasteiger partial charge in [0.05, 0.1) is 25.5 Å². The van der Waals surface area contributed by atoms with Gasteiger partial charge in [-0.3, -0.25) is 4.98 Å². The number of rotatable bonds is 6. The van der Waals surface area contributed by atoms with E-state index in [9.17, 15) is 0 Å². The summed E-state index contributed by atoms with van der Waals surface area (Å²) in [5, 5.41) is 0. The van der Waals surface area contributed by atoms with Crippen LogP contribution in [0.5, 0.6) is 5.75 Å². The molecule has 0 fully saturated rings. The summed E-state index contributed by atoms with van der Waals surface area (Å²) in [5.74, 6) is 1.37. The molecule has 118 valence electrons. The lowest BCUT2D eigenvalue weighted by Crippen LogP contribution is -2.02. The van der Waals surface area contributed by atoms with Crippen molar-refractivity contribution in [2.24, 2.45) is 0 Å². The van der Waals surface area contributed by atoms with Crippen LogP contribution in [0.15, 0.2) is 59.3 Å². The Morgan fingerprint density at radius 1 is 1.13 bits per heavy atom. The predicted octanol–water partition coefficient (Wildman–Crippen LogP) is 4.02. The van der Waals surface area contributed by atoms with Gasteiger partial charge in [0, 0.05) is 11.8 Å². The lowest BCUT2D eigenvalue weighted by atomic mass is 10.2. The summed E-state index contributed by atoms with van der Waals surface area (Å²) in [5.41, 5.74) is 2.54. The van der Waals surface area contributed by atoms with Gasteiger partial charge in [0.2, 0.25) is 5.89 Å². The van der Waals surface area contributed by atoms with E-state index in [0.29, 0.717) is 12.5 Å². The van der Waals surface area contributed by atoms with Crippen LogP contribution in [0.3, 0.4) is 0 Å². The molecule has 3 aromatic rings. The van der Waals surface area contributed by atoms with E-state index in [2.05, 4.69) is 9.97 Å². The molecule has 5 heteroatoms. The average molecular weight is 310 g/mol. The molecule has 0 aliphatic carbocycles. The average Bonchev–Trinajstić information content (AvgIpc) is 3.09. The number of aromatic nitrogens is 2. The van der Waals surface area contributed by atoms with Gasteiger partial charge in [-0.15, -0.1) is 0 Å². The van der Waals surface area contributed by atoms with Crippen LogP contribution in [0.2, 0.25) is 0 Å². The fourth-order valence-electron chi connectivity index (χ4n) is 2.15. The van der Waals surface area contributed by atoms with E-state index in [1.807, 2.05) is 49.4 Å². The van der Waals surface area contributed by atoms with E-state index in [0.717, 1.165) is 22.7 Å². The third-order valence-corrected chi connectivity index (χ3v) is 3.47. The molecule has 1 atom stereocenters. The number of nitrogens with zero attached hydrogens (tertiary/aromatic N) is 2. The molecular formula is C18H18N2O3. The minimum Gasteiger partial charge on any atom is -0.497 e. The summed E-state index contributed by atoms with van der Waals surface area (Å²) in [6.45, 7) is 2.34. The summed E-state index contributed by atoms with van der Waals surface area (Å²) in [6, 6.07) is 13.3. The number of hydrogen-bond donors (Lipinski definition) is 0. The molecule has 0 aliphatic rings. The summed E-state index contributed by atoms with van der Waals surface area (Å²) in [4.78, 5) is 8.73. The number of benzene rings is 1. The van der Waals surface area contributed by atoms with Crippen LogP contribution >= 0.6 is 0 Å². The number of methoxy groups -OCH3 is 1. The molecule has 0 spiro atoms. The number of hydrogen-bond acceptors (Lipinski definition) is 5. The Balaban J connectivity index is 1.63. The minimum atomic E-state index is -0.0997. The Labute approximate surface area is 134 Å². The number of ether oxygens (including phenoxy) is 2. The summed E-state index contributed by atoms with van der Waals surface area (Å²) >= 11 is 0. The summed E-state index contributed by atoms with van der Waals surface area (Å²) < 4.78 is 16.4. The zero-order chi connectivity index (χ0) is 16.1. The van der Waals surface area contributed by atoms with Crippen molar-refractivity contribution in [1.82, 2.24) is 9.97 Å². The number of pyridine rings is 1. The lowest BCUT2D eigenvalue weighted by molar-refractivity contribution is 0.0477. The van der Waals surface area contributed by atoms with E-state index in [1.165, 1.54) is 0 Å². The summed E-state index contributed by atoms with van der Waals surface area (Å²) in [6.07, 6.45) is 3.27. The van der Waals surface area contributed by atoms with E-state index in [4.69, 9.17) is 13.9 Å². The Hall–Kier alpha value is -2.66. The van der Waals surface area contributed by atoms with E-state index >= 15 is 0 Å². The van der Waals surface area contributed by atoms with Gasteiger partial charge in [0.1, 0.15) is 17.7 Å². The Bertz CT molecular complexity index is 738. The van der Waals surface area contributed by atoms with Gasteiger partial charge in [0.25, 0.3) is 0 Å². The van der Waals surface area contributed by atoms with Gasteiger partial charge < -0.3 is 13.9 Å². The van der Waals surface area contributed by atoms with Crippen molar-refractivity contribution < 1.29 is 13.9 Å². The van der Waals surface area contributed by atoms with Crippen LogP contribution in [0, 0.1) is 0 Å². The maximum absolute atomic E-state index is 5.79. The van der Waals surface area contributed by atoms with Crippen LogP contribution in [-0.4, -0.2) is 17.1 Å². The highest BCUT2D eigenvalue weighted by Crippen LogP contribution is 2.23. The quantitative estimate of drug-likeness (QED) is 0.688. The molecule has 0 unspecified atom stereocenters. The highest BCUT2D eigenvalue weighted by atomic mass is 16.5. The molecule has 0 amide bonds. The van der Waals surface area contributed by atoms with Gasteiger partial charge in [0.15, 0.2) is 0 Å². The second-order valence-electron chi connectivity index (χ2n) is 5.08. The van der Waals surface area contributed by atoms with Gasteiger partial charge >= 0.3 is 0 Å². The Morgan fingerprint density at radius 3 is 2.65 bits per heavy atom. The molecule has 5 nitrogen and oxygen atoms in total. The largest absolute Gasteiger partial charge is 0.497 e. The first-order valence-corrected chi connectivity index (χ1v) is 7.37. The van der Waals surface area contributed by atoms with Crippen molar-refractivity contribution >= 4 is 0 Å². The van der Waals surface area contributed by atoms with Crippen LogP contribution < -0.4 is 4.74 Å². The topological polar surface area (TPSA) is 57.4 Å². The standard InChI is InChI=1S/C18H18N2O3/c1-13(17-5-3-4-10-19-17)22-11-15-12-23-18(20-15)14-6-8-16(21-2)9-7-14/h3-10,12-13H,11H2,1-2H3/t13-/m0/s1. The molecular weight excluding hydrogens is 292 g/mol. The van der Waals surface area contributed by atoms with Crippen molar-refractivity contribution in [2.75, 3.05) is 7.11 Å². The molecule has 23 heavy (non-hydrogen) atoms. The van der Waals surface area contributed by atoms with Gasteiger partial charge in [-0.1, -0.05) is 6.07 Å². The molecule has 0 radical (unpaired) electrons. The summed E-state index contributed by atoms with van der Waals surface area (Å²) in [7, 11) is 1.64. The van der Waals surface area contributed by atoms with Crippen LogP contribution in [0.25, 0.3) is 11.5 Å². The highest BCUT2D eigenvalue weighted by molar-refractivity contribution is 5.54. The first-order valence-electron chi connectivity index (χ1n) is 7.37. The normalized spacial score (nSPS) is 12.1. The monoisotopic (exact) mass is 310 g/mol. The van der Waals surface area contributed by atoms with Crippen molar-refractivity contribution in [2.45, 2.75) is 19.6 Å². The van der Waals surface area contributed by atoms with Gasteiger partial charge in [-0.05, 0) is 43.3 Å². The second-order valence-corrected chi connectivity index (χ2v) is 5.08. The zero-order valence-electron chi connectivity index (χ0n) is 13.1. The van der Waals surface area contributed by atoms with Crippen molar-refractivity contribution in [1.29, 1.82) is 0 Å².